The van der Waals surface area contributed by atoms with Gasteiger partial charge in [-0.2, -0.15) is 0 Å². The molecule has 0 aromatic carbocycles. The van der Waals surface area contributed by atoms with Crippen molar-refractivity contribution in [3.8, 4) is 0 Å². The van der Waals surface area contributed by atoms with Gasteiger partial charge in [0.1, 0.15) is 0 Å². The zero-order valence-electron chi connectivity index (χ0n) is 11.3. The third-order valence-corrected chi connectivity index (χ3v) is 3.66. The van der Waals surface area contributed by atoms with Gasteiger partial charge in [0.15, 0.2) is 0 Å². The number of ether oxygens (including phenoxy) is 1. The van der Waals surface area contributed by atoms with E-state index >= 15 is 0 Å². The first-order valence-electron chi connectivity index (χ1n) is 6.72. The van der Waals surface area contributed by atoms with Crippen LogP contribution in [0.15, 0.2) is 0 Å². The van der Waals surface area contributed by atoms with Crippen LogP contribution in [0.2, 0.25) is 0 Å². The van der Waals surface area contributed by atoms with Crippen LogP contribution in [0, 0.1) is 5.41 Å². The first kappa shape index (κ1) is 14.9. The van der Waals surface area contributed by atoms with Crippen LogP contribution in [0.4, 0.5) is 0 Å². The number of nitrogens with zero attached hydrogens (tertiary/aromatic N) is 1. The molecule has 1 aliphatic rings. The number of morpholine rings is 1. The minimum atomic E-state index is 0.200. The Morgan fingerprint density at radius 2 is 2.18 bits per heavy atom. The van der Waals surface area contributed by atoms with E-state index in [1.165, 1.54) is 19.3 Å². The van der Waals surface area contributed by atoms with Gasteiger partial charge in [0.25, 0.3) is 0 Å². The molecule has 1 unspecified atom stereocenters. The molecule has 1 rings (SSSR count). The maximum atomic E-state index is 9.25. The molecule has 0 aromatic heterocycles. The highest BCUT2D eigenvalue weighted by atomic mass is 16.5. The van der Waals surface area contributed by atoms with E-state index in [-0.39, 0.29) is 18.1 Å². The van der Waals surface area contributed by atoms with Crippen LogP contribution >= 0.6 is 0 Å². The van der Waals surface area contributed by atoms with Crippen LogP contribution < -0.4 is 5.73 Å². The van der Waals surface area contributed by atoms with Gasteiger partial charge in [-0.3, -0.25) is 4.90 Å². The Hall–Kier alpha value is -0.160. The average Bonchev–Trinajstić information content (AvgIpc) is 2.35. The lowest BCUT2D eigenvalue weighted by Crippen LogP contribution is -2.47. The fourth-order valence-corrected chi connectivity index (χ4v) is 2.17. The monoisotopic (exact) mass is 244 g/mol. The molecule has 3 N–H and O–H groups in total. The van der Waals surface area contributed by atoms with Gasteiger partial charge in [0.2, 0.25) is 0 Å². The van der Waals surface area contributed by atoms with Gasteiger partial charge in [-0.15, -0.1) is 0 Å². The summed E-state index contributed by atoms with van der Waals surface area (Å²) in [5, 5.41) is 9.25. The second-order valence-electron chi connectivity index (χ2n) is 5.77. The van der Waals surface area contributed by atoms with Gasteiger partial charge in [0, 0.05) is 6.54 Å². The summed E-state index contributed by atoms with van der Waals surface area (Å²) in [6.07, 6.45) is 3.57. The summed E-state index contributed by atoms with van der Waals surface area (Å²) in [6, 6.07) is 0.200. The zero-order chi connectivity index (χ0) is 12.7. The molecule has 102 valence electrons. The molecule has 1 fully saturated rings. The fraction of sp³-hybridized carbons (Fsp3) is 1.00. The number of nitrogens with two attached hydrogens (primary N) is 1. The molecule has 0 amide bonds. The van der Waals surface area contributed by atoms with E-state index in [1.807, 2.05) is 0 Å². The number of hydrogen-bond acceptors (Lipinski definition) is 4. The van der Waals surface area contributed by atoms with E-state index < -0.39 is 0 Å². The summed E-state index contributed by atoms with van der Waals surface area (Å²) in [7, 11) is 0. The Morgan fingerprint density at radius 3 is 2.82 bits per heavy atom. The van der Waals surface area contributed by atoms with Crippen LogP contribution in [0.25, 0.3) is 0 Å². The van der Waals surface area contributed by atoms with Gasteiger partial charge in [-0.1, -0.05) is 20.3 Å². The van der Waals surface area contributed by atoms with E-state index in [2.05, 4.69) is 18.7 Å². The van der Waals surface area contributed by atoms with Crippen molar-refractivity contribution >= 4 is 0 Å². The standard InChI is InChI=1S/C13H28N2O2/c1-13(2,11-14)5-3-4-6-15-7-8-17-10-12(15)9-16/h12,16H,3-11,14H2,1-2H3. The molecule has 1 saturated heterocycles. The van der Waals surface area contributed by atoms with Gasteiger partial charge in [-0.05, 0) is 31.3 Å². The molecule has 17 heavy (non-hydrogen) atoms. The Labute approximate surface area is 105 Å². The summed E-state index contributed by atoms with van der Waals surface area (Å²) in [5.41, 5.74) is 5.98. The van der Waals surface area contributed by atoms with Crippen LogP contribution in [0.1, 0.15) is 33.1 Å². The highest BCUT2D eigenvalue weighted by molar-refractivity contribution is 4.75. The van der Waals surface area contributed by atoms with Crippen LogP contribution in [-0.2, 0) is 4.74 Å². The minimum absolute atomic E-state index is 0.200. The summed E-state index contributed by atoms with van der Waals surface area (Å²) in [4.78, 5) is 2.35. The Morgan fingerprint density at radius 1 is 1.41 bits per heavy atom. The normalized spacial score (nSPS) is 22.9. The van der Waals surface area contributed by atoms with Crippen molar-refractivity contribution in [1.82, 2.24) is 4.90 Å². The van der Waals surface area contributed by atoms with Crippen LogP contribution in [0.3, 0.4) is 0 Å². The number of aliphatic hydroxyl groups is 1. The lowest BCUT2D eigenvalue weighted by Gasteiger charge is -2.34. The first-order chi connectivity index (χ1) is 8.09. The minimum Gasteiger partial charge on any atom is -0.395 e. The Kier molecular flexibility index (Phi) is 6.41. The summed E-state index contributed by atoms with van der Waals surface area (Å²) < 4.78 is 5.36. The molecule has 0 radical (unpaired) electrons. The van der Waals surface area contributed by atoms with Crippen LogP contribution in [-0.4, -0.2) is 55.5 Å². The SMILES string of the molecule is CC(C)(CN)CCCCN1CCOCC1CO. The molecule has 4 nitrogen and oxygen atoms in total. The Bertz CT molecular complexity index is 210. The van der Waals surface area contributed by atoms with Gasteiger partial charge in [-0.25, -0.2) is 0 Å². The lowest BCUT2D eigenvalue weighted by atomic mass is 9.87. The third kappa shape index (κ3) is 5.34. The molecule has 0 bridgehead atoms. The average molecular weight is 244 g/mol. The second-order valence-corrected chi connectivity index (χ2v) is 5.77. The highest BCUT2D eigenvalue weighted by Crippen LogP contribution is 2.21. The third-order valence-electron chi connectivity index (χ3n) is 3.66. The number of aliphatic hydroxyl groups excluding tert-OH is 1. The van der Waals surface area contributed by atoms with E-state index in [0.717, 1.165) is 26.2 Å². The van der Waals surface area contributed by atoms with Gasteiger partial charge in [0.05, 0.1) is 25.9 Å². The van der Waals surface area contributed by atoms with Gasteiger partial charge >= 0.3 is 0 Å². The molecule has 1 aliphatic heterocycles. The number of rotatable bonds is 7. The maximum Gasteiger partial charge on any atom is 0.0644 e. The van der Waals surface area contributed by atoms with Crippen molar-refractivity contribution in [3.05, 3.63) is 0 Å². The van der Waals surface area contributed by atoms with Gasteiger partial charge < -0.3 is 15.6 Å². The van der Waals surface area contributed by atoms with Crippen LogP contribution in [0.5, 0.6) is 0 Å². The molecule has 0 spiro atoms. The van der Waals surface area contributed by atoms with E-state index in [1.54, 1.807) is 0 Å². The van der Waals surface area contributed by atoms with Crippen molar-refractivity contribution in [3.63, 3.8) is 0 Å². The van der Waals surface area contributed by atoms with E-state index in [9.17, 15) is 5.11 Å². The van der Waals surface area contributed by atoms with Crippen molar-refractivity contribution in [2.75, 3.05) is 39.5 Å². The van der Waals surface area contributed by atoms with Crippen molar-refractivity contribution < 1.29 is 9.84 Å². The summed E-state index contributed by atoms with van der Waals surface area (Å²) in [6.45, 7) is 8.88. The van der Waals surface area contributed by atoms with E-state index in [4.69, 9.17) is 10.5 Å². The largest absolute Gasteiger partial charge is 0.395 e. The molecule has 1 heterocycles. The number of unbranched alkanes of at least 4 members (excludes halogenated alkanes) is 1. The molecule has 0 saturated carbocycles. The Balaban J connectivity index is 2.16. The predicted molar refractivity (Wildman–Crippen MR) is 70.0 cm³/mol. The van der Waals surface area contributed by atoms with Crippen molar-refractivity contribution in [2.45, 2.75) is 39.2 Å². The highest BCUT2D eigenvalue weighted by Gasteiger charge is 2.22. The molecule has 1 atom stereocenters. The second kappa shape index (κ2) is 7.31. The first-order valence-corrected chi connectivity index (χ1v) is 6.72. The molecular weight excluding hydrogens is 216 g/mol. The quantitative estimate of drug-likeness (QED) is 0.651. The molecule has 0 aliphatic carbocycles. The predicted octanol–water partition coefficient (Wildman–Crippen LogP) is 0.835. The molecule has 0 aromatic rings. The fourth-order valence-electron chi connectivity index (χ4n) is 2.17. The lowest BCUT2D eigenvalue weighted by molar-refractivity contribution is -0.0280. The summed E-state index contributed by atoms with van der Waals surface area (Å²) in [5.74, 6) is 0. The zero-order valence-corrected chi connectivity index (χ0v) is 11.3. The summed E-state index contributed by atoms with van der Waals surface area (Å²) >= 11 is 0. The smallest absolute Gasteiger partial charge is 0.0644 e. The maximum absolute atomic E-state index is 9.25. The number of hydrogen-bond donors (Lipinski definition) is 2. The molecular formula is C13H28N2O2. The van der Waals surface area contributed by atoms with Crippen molar-refractivity contribution in [1.29, 1.82) is 0 Å². The molecule has 4 heteroatoms. The van der Waals surface area contributed by atoms with Crippen molar-refractivity contribution in [2.24, 2.45) is 11.1 Å². The topological polar surface area (TPSA) is 58.7 Å². The van der Waals surface area contributed by atoms with E-state index in [0.29, 0.717) is 6.61 Å².